The summed E-state index contributed by atoms with van der Waals surface area (Å²) in [6.07, 6.45) is 3.32. The fraction of sp³-hybridized carbons (Fsp3) is 0.483. The monoisotopic (exact) mass is 584 g/mol. The predicted octanol–water partition coefficient (Wildman–Crippen LogP) is 0.304. The van der Waals surface area contributed by atoms with Crippen LogP contribution in [0.5, 0.6) is 0 Å². The van der Waals surface area contributed by atoms with Gasteiger partial charge in [0.2, 0.25) is 11.8 Å². The molecule has 0 radical (unpaired) electrons. The Bertz CT molecular complexity index is 1220. The zero-order valence-electron chi connectivity index (χ0n) is 23.9. The molecule has 2 aromatic carbocycles. The Hall–Kier alpha value is -4.23. The number of aliphatic imine (C=N–C) groups is 1. The number of carboxylic acids is 1. The summed E-state index contributed by atoms with van der Waals surface area (Å²) < 4.78 is 0. The number of fused-ring (bicyclic) bond motifs is 1. The molecule has 0 aliphatic rings. The smallest absolute Gasteiger partial charge is 0.326 e. The van der Waals surface area contributed by atoms with Crippen molar-refractivity contribution in [3.05, 3.63) is 48.0 Å². The van der Waals surface area contributed by atoms with Crippen LogP contribution in [-0.4, -0.2) is 72.5 Å². The number of hydrogen-bond acceptors (Lipinski definition) is 7. The molecule has 0 saturated carbocycles. The highest BCUT2D eigenvalue weighted by Crippen LogP contribution is 2.16. The van der Waals surface area contributed by atoms with E-state index < -0.39 is 41.8 Å². The first kappa shape index (κ1) is 34.0. The molecule has 0 spiro atoms. The van der Waals surface area contributed by atoms with Crippen molar-refractivity contribution in [2.45, 2.75) is 69.5 Å². The lowest BCUT2D eigenvalue weighted by molar-refractivity contribution is -0.142. The van der Waals surface area contributed by atoms with Gasteiger partial charge in [-0.3, -0.25) is 19.4 Å². The molecule has 3 atom stereocenters. The molecule has 0 bridgehead atoms. The first-order chi connectivity index (χ1) is 20.2. The molecule has 13 nitrogen and oxygen atoms in total. The highest BCUT2D eigenvalue weighted by Gasteiger charge is 2.29. The zero-order chi connectivity index (χ0) is 30.9. The first-order valence-electron chi connectivity index (χ1n) is 14.2. The largest absolute Gasteiger partial charge is 0.480 e. The Labute approximate surface area is 245 Å². The standard InChI is InChI=1S/C29H44N8O5/c30-15-5-3-10-22(35-25(38)21-14-13-19-8-1-2-9-20(19)18-21)26(39)36-23(11-4-6-16-31)27(40)37-24(28(41)42)12-7-17-34-29(32)33/h1-2,8-9,13-14,18,22-24H,3-7,10-12,15-17,30-31H2,(H,35,38)(H,36,39)(H,37,40)(H,41,42)(H4,32,33,34)/t22-,23-,24-/m0/s1. The van der Waals surface area contributed by atoms with Crippen LogP contribution in [0.2, 0.25) is 0 Å². The molecular weight excluding hydrogens is 540 g/mol. The number of carbonyl (C=O) groups is 4. The maximum absolute atomic E-state index is 13.4. The van der Waals surface area contributed by atoms with Gasteiger partial charge in [0, 0.05) is 12.1 Å². The van der Waals surface area contributed by atoms with Crippen LogP contribution in [-0.2, 0) is 14.4 Å². The summed E-state index contributed by atoms with van der Waals surface area (Å²) in [7, 11) is 0. The van der Waals surface area contributed by atoms with Gasteiger partial charge in [-0.2, -0.15) is 0 Å². The second kappa shape index (κ2) is 18.3. The van der Waals surface area contributed by atoms with Gasteiger partial charge >= 0.3 is 5.97 Å². The third kappa shape index (κ3) is 11.7. The summed E-state index contributed by atoms with van der Waals surface area (Å²) in [5.41, 5.74) is 22.2. The van der Waals surface area contributed by atoms with Crippen LogP contribution >= 0.6 is 0 Å². The molecule has 13 heteroatoms. The average Bonchev–Trinajstić information content (AvgIpc) is 2.97. The van der Waals surface area contributed by atoms with E-state index in [2.05, 4.69) is 20.9 Å². The lowest BCUT2D eigenvalue weighted by Crippen LogP contribution is -2.55. The lowest BCUT2D eigenvalue weighted by atomic mass is 10.0. The van der Waals surface area contributed by atoms with E-state index in [0.29, 0.717) is 57.2 Å². The van der Waals surface area contributed by atoms with Crippen LogP contribution in [0.15, 0.2) is 47.5 Å². The summed E-state index contributed by atoms with van der Waals surface area (Å²) in [6.45, 7) is 1.03. The molecule has 0 aromatic heterocycles. The fourth-order valence-electron chi connectivity index (χ4n) is 4.40. The zero-order valence-corrected chi connectivity index (χ0v) is 23.9. The number of aliphatic carboxylic acids is 1. The van der Waals surface area contributed by atoms with Crippen molar-refractivity contribution in [2.24, 2.45) is 27.9 Å². The number of benzene rings is 2. The van der Waals surface area contributed by atoms with E-state index in [1.165, 1.54) is 0 Å². The minimum Gasteiger partial charge on any atom is -0.480 e. The van der Waals surface area contributed by atoms with Crippen molar-refractivity contribution in [1.82, 2.24) is 16.0 Å². The Balaban J connectivity index is 2.16. The van der Waals surface area contributed by atoms with E-state index in [1.807, 2.05) is 30.3 Å². The highest BCUT2D eigenvalue weighted by atomic mass is 16.4. The molecule has 230 valence electrons. The summed E-state index contributed by atoms with van der Waals surface area (Å²) >= 11 is 0. The van der Waals surface area contributed by atoms with Gasteiger partial charge in [-0.15, -0.1) is 0 Å². The number of carboxylic acid groups (broad SMARTS) is 1. The molecular formula is C29H44N8O5. The summed E-state index contributed by atoms with van der Waals surface area (Å²) in [6, 6.07) is 9.73. The van der Waals surface area contributed by atoms with E-state index in [1.54, 1.807) is 12.1 Å². The van der Waals surface area contributed by atoms with Gasteiger partial charge in [-0.1, -0.05) is 30.3 Å². The molecule has 0 fully saturated rings. The number of amides is 3. The Kier molecular flexibility index (Phi) is 14.8. The maximum atomic E-state index is 13.4. The van der Waals surface area contributed by atoms with Crippen LogP contribution in [0.1, 0.15) is 61.7 Å². The Morgan fingerprint density at radius 2 is 1.26 bits per heavy atom. The van der Waals surface area contributed by atoms with Gasteiger partial charge in [0.15, 0.2) is 5.96 Å². The fourth-order valence-corrected chi connectivity index (χ4v) is 4.40. The van der Waals surface area contributed by atoms with E-state index in [4.69, 9.17) is 22.9 Å². The number of nitrogens with zero attached hydrogens (tertiary/aromatic N) is 1. The van der Waals surface area contributed by atoms with Gasteiger partial charge in [0.1, 0.15) is 18.1 Å². The van der Waals surface area contributed by atoms with Gasteiger partial charge < -0.3 is 44.0 Å². The number of nitrogens with one attached hydrogen (secondary N) is 3. The molecule has 2 aromatic rings. The molecule has 3 amide bonds. The molecule has 0 aliphatic heterocycles. The normalized spacial score (nSPS) is 13.0. The topological polar surface area (TPSA) is 241 Å². The van der Waals surface area contributed by atoms with E-state index in [0.717, 1.165) is 10.8 Å². The molecule has 0 unspecified atom stereocenters. The van der Waals surface area contributed by atoms with Crippen LogP contribution in [0.4, 0.5) is 0 Å². The van der Waals surface area contributed by atoms with Crippen LogP contribution < -0.4 is 38.9 Å². The van der Waals surface area contributed by atoms with Gasteiger partial charge in [-0.05, 0) is 87.4 Å². The first-order valence-corrected chi connectivity index (χ1v) is 14.2. The van der Waals surface area contributed by atoms with Crippen LogP contribution in [0.25, 0.3) is 10.8 Å². The number of hydrogen-bond donors (Lipinski definition) is 8. The van der Waals surface area contributed by atoms with Crippen LogP contribution in [0.3, 0.4) is 0 Å². The number of nitrogens with two attached hydrogens (primary N) is 4. The van der Waals surface area contributed by atoms with Crippen molar-refractivity contribution in [1.29, 1.82) is 0 Å². The lowest BCUT2D eigenvalue weighted by Gasteiger charge is -2.25. The van der Waals surface area contributed by atoms with E-state index in [9.17, 15) is 24.3 Å². The quantitative estimate of drug-likeness (QED) is 0.0642. The maximum Gasteiger partial charge on any atom is 0.326 e. The number of carbonyl (C=O) groups excluding carboxylic acids is 3. The number of rotatable bonds is 19. The summed E-state index contributed by atoms with van der Waals surface area (Å²) in [5, 5.41) is 19.5. The SMILES string of the molecule is NCCCC[C@H](NC(=O)c1ccc2ccccc2c1)C(=O)N[C@@H](CCCCN)C(=O)N[C@@H](CCCN=C(N)N)C(=O)O. The Morgan fingerprint density at radius 1 is 0.714 bits per heavy atom. The minimum atomic E-state index is -1.22. The van der Waals surface area contributed by atoms with E-state index in [-0.39, 0.29) is 25.3 Å². The van der Waals surface area contributed by atoms with Gasteiger partial charge in [0.25, 0.3) is 5.91 Å². The third-order valence-electron chi connectivity index (χ3n) is 6.72. The van der Waals surface area contributed by atoms with E-state index >= 15 is 0 Å². The second-order valence-electron chi connectivity index (χ2n) is 10.1. The second-order valence-corrected chi connectivity index (χ2v) is 10.1. The summed E-state index contributed by atoms with van der Waals surface area (Å²) in [5.74, 6) is -2.95. The van der Waals surface area contributed by atoms with Crippen molar-refractivity contribution in [3.8, 4) is 0 Å². The van der Waals surface area contributed by atoms with Crippen LogP contribution in [0, 0.1) is 0 Å². The average molecular weight is 585 g/mol. The molecule has 42 heavy (non-hydrogen) atoms. The number of guanidine groups is 1. The third-order valence-corrected chi connectivity index (χ3v) is 6.72. The molecule has 0 heterocycles. The van der Waals surface area contributed by atoms with Crippen molar-refractivity contribution < 1.29 is 24.3 Å². The predicted molar refractivity (Wildman–Crippen MR) is 162 cm³/mol. The molecule has 0 saturated heterocycles. The van der Waals surface area contributed by atoms with Crippen molar-refractivity contribution >= 4 is 40.4 Å². The Morgan fingerprint density at radius 3 is 1.83 bits per heavy atom. The minimum absolute atomic E-state index is 0.0881. The molecule has 12 N–H and O–H groups in total. The number of unbranched alkanes of at least 4 members (excludes halogenated alkanes) is 2. The van der Waals surface area contributed by atoms with Crippen molar-refractivity contribution in [3.63, 3.8) is 0 Å². The molecule has 0 aliphatic carbocycles. The molecule has 2 rings (SSSR count). The van der Waals surface area contributed by atoms with Gasteiger partial charge in [0.05, 0.1) is 0 Å². The van der Waals surface area contributed by atoms with Crippen molar-refractivity contribution in [2.75, 3.05) is 19.6 Å². The highest BCUT2D eigenvalue weighted by molar-refractivity contribution is 6.01. The van der Waals surface area contributed by atoms with Gasteiger partial charge in [-0.25, -0.2) is 4.79 Å². The summed E-state index contributed by atoms with van der Waals surface area (Å²) in [4.78, 5) is 55.4.